The number of carbonyl (C=O) groups is 3. The Hall–Kier alpha value is -1.45. The van der Waals surface area contributed by atoms with Gasteiger partial charge in [-0.05, 0) is 98.7 Å². The number of fused-ring (bicyclic) bond motifs is 7. The van der Waals surface area contributed by atoms with Gasteiger partial charge >= 0.3 is 5.97 Å². The molecule has 0 aromatic carbocycles. The molecular formula is C30H44O4. The van der Waals surface area contributed by atoms with Crippen LogP contribution in [0.5, 0.6) is 0 Å². The van der Waals surface area contributed by atoms with Crippen molar-refractivity contribution in [2.75, 3.05) is 0 Å². The zero-order chi connectivity index (χ0) is 24.9. The predicted molar refractivity (Wildman–Crippen MR) is 132 cm³/mol. The fraction of sp³-hybridized carbons (Fsp3) is 0.833. The quantitative estimate of drug-likeness (QED) is 0.365. The van der Waals surface area contributed by atoms with Gasteiger partial charge in [-0.25, -0.2) is 0 Å². The van der Waals surface area contributed by atoms with Gasteiger partial charge < -0.3 is 9.90 Å². The van der Waals surface area contributed by atoms with Crippen molar-refractivity contribution in [3.05, 3.63) is 11.6 Å². The summed E-state index contributed by atoms with van der Waals surface area (Å²) in [6.07, 6.45) is 12.5. The molecule has 5 aliphatic carbocycles. The molecule has 34 heavy (non-hydrogen) atoms. The summed E-state index contributed by atoms with van der Waals surface area (Å²) in [6.45, 7) is 13.4. The van der Waals surface area contributed by atoms with Gasteiger partial charge in [0.15, 0.2) is 0 Å². The number of hydrogen-bond donors (Lipinski definition) is 1. The lowest BCUT2D eigenvalue weighted by atomic mass is 9.33. The van der Waals surface area contributed by atoms with Crippen molar-refractivity contribution in [1.29, 1.82) is 0 Å². The number of carbonyl (C=O) groups excluding carboxylic acids is 2. The fourth-order valence-corrected chi connectivity index (χ4v) is 10.1. The first-order chi connectivity index (χ1) is 15.7. The highest BCUT2D eigenvalue weighted by Gasteiger charge is 2.69. The molecule has 0 amide bonds. The van der Waals surface area contributed by atoms with Crippen LogP contribution in [0.1, 0.15) is 106 Å². The monoisotopic (exact) mass is 468 g/mol. The summed E-state index contributed by atoms with van der Waals surface area (Å²) in [5, 5.41) is 10.0. The van der Waals surface area contributed by atoms with Crippen LogP contribution in [0.2, 0.25) is 0 Å². The minimum Gasteiger partial charge on any atom is -0.481 e. The number of ketones is 1. The first-order valence-corrected chi connectivity index (χ1v) is 13.6. The minimum absolute atomic E-state index is 0.0106. The number of allylic oxidation sites excluding steroid dienone is 2. The second-order valence-electron chi connectivity index (χ2n) is 14.4. The Morgan fingerprint density at radius 2 is 1.65 bits per heavy atom. The largest absolute Gasteiger partial charge is 0.481 e. The van der Waals surface area contributed by atoms with Crippen LogP contribution in [-0.4, -0.2) is 23.1 Å². The molecular weight excluding hydrogens is 424 g/mol. The maximum absolute atomic E-state index is 13.0. The number of aldehydes is 1. The van der Waals surface area contributed by atoms with Gasteiger partial charge in [0.25, 0.3) is 0 Å². The topological polar surface area (TPSA) is 71.4 Å². The maximum Gasteiger partial charge on any atom is 0.309 e. The number of carboxylic acids is 1. The molecule has 0 saturated heterocycles. The van der Waals surface area contributed by atoms with Gasteiger partial charge in [-0.1, -0.05) is 46.3 Å². The van der Waals surface area contributed by atoms with Gasteiger partial charge in [0.05, 0.1) is 5.41 Å². The molecule has 5 rings (SSSR count). The molecule has 0 heterocycles. The van der Waals surface area contributed by atoms with Crippen LogP contribution in [0.25, 0.3) is 0 Å². The fourth-order valence-electron chi connectivity index (χ4n) is 10.1. The lowest BCUT2D eigenvalue weighted by Crippen LogP contribution is -2.65. The van der Waals surface area contributed by atoms with Crippen LogP contribution in [0, 0.1) is 50.2 Å². The Labute approximate surface area is 205 Å². The Morgan fingerprint density at radius 3 is 2.29 bits per heavy atom. The van der Waals surface area contributed by atoms with Crippen molar-refractivity contribution >= 4 is 18.0 Å². The molecule has 0 aromatic rings. The summed E-state index contributed by atoms with van der Waals surface area (Å²) in [5.41, 5.74) is 0.102. The van der Waals surface area contributed by atoms with Crippen molar-refractivity contribution in [1.82, 2.24) is 0 Å². The van der Waals surface area contributed by atoms with E-state index in [1.54, 1.807) is 0 Å². The maximum atomic E-state index is 13.0. The molecule has 8 atom stereocenters. The lowest BCUT2D eigenvalue weighted by molar-refractivity contribution is -0.187. The molecule has 188 valence electrons. The highest BCUT2D eigenvalue weighted by Crippen LogP contribution is 2.75. The number of carboxylic acid groups (broad SMARTS) is 1. The second-order valence-corrected chi connectivity index (χ2v) is 14.4. The van der Waals surface area contributed by atoms with Crippen LogP contribution >= 0.6 is 0 Å². The lowest BCUT2D eigenvalue weighted by Gasteiger charge is -2.70. The molecule has 1 N–H and O–H groups in total. The van der Waals surface area contributed by atoms with Crippen LogP contribution < -0.4 is 0 Å². The molecule has 4 fully saturated rings. The molecule has 4 heteroatoms. The van der Waals surface area contributed by atoms with E-state index in [1.807, 2.05) is 6.92 Å². The van der Waals surface area contributed by atoms with Gasteiger partial charge in [-0.2, -0.15) is 0 Å². The predicted octanol–water partition coefficient (Wildman–Crippen LogP) is 6.62. The molecule has 0 bridgehead atoms. The highest BCUT2D eigenvalue weighted by atomic mass is 16.4. The summed E-state index contributed by atoms with van der Waals surface area (Å²) in [4.78, 5) is 38.1. The smallest absolute Gasteiger partial charge is 0.309 e. The molecule has 0 radical (unpaired) electrons. The number of hydrogen-bond acceptors (Lipinski definition) is 3. The number of rotatable bonds is 2. The summed E-state index contributed by atoms with van der Waals surface area (Å²) in [5.74, 6) is 0.329. The third kappa shape index (κ3) is 2.75. The van der Waals surface area contributed by atoms with E-state index in [0.717, 1.165) is 51.4 Å². The van der Waals surface area contributed by atoms with Gasteiger partial charge in [0.1, 0.15) is 12.1 Å². The SMILES string of the molecule is CC1(C)C(=O)CC[C@@]2(C=O)[C@@H]1CC[C@]1(C)[C@@H]2CC=C2[C@@H]3C[C@@](C)(C(=O)O)CC[C@]3(C)CC[C@]21C. The van der Waals surface area contributed by atoms with Crippen LogP contribution in [0.3, 0.4) is 0 Å². The molecule has 0 unspecified atom stereocenters. The van der Waals surface area contributed by atoms with E-state index in [4.69, 9.17) is 0 Å². The number of Topliss-reactive ketones (excluding diaryl/α,β-unsaturated/α-hetero) is 1. The van der Waals surface area contributed by atoms with Crippen molar-refractivity contribution < 1.29 is 19.5 Å². The van der Waals surface area contributed by atoms with E-state index >= 15 is 0 Å². The normalized spacial score (nSPS) is 51.8. The summed E-state index contributed by atoms with van der Waals surface area (Å²) in [6, 6.07) is 0. The van der Waals surface area contributed by atoms with Crippen molar-refractivity contribution in [3.63, 3.8) is 0 Å². The van der Waals surface area contributed by atoms with Crippen molar-refractivity contribution in [3.8, 4) is 0 Å². The van der Waals surface area contributed by atoms with Crippen LogP contribution in [0.4, 0.5) is 0 Å². The molecule has 4 saturated carbocycles. The average molecular weight is 469 g/mol. The van der Waals surface area contributed by atoms with E-state index < -0.39 is 22.2 Å². The average Bonchev–Trinajstić information content (AvgIpc) is 2.77. The first-order valence-electron chi connectivity index (χ1n) is 13.6. The minimum atomic E-state index is -0.656. The Morgan fingerprint density at radius 1 is 0.971 bits per heavy atom. The second kappa shape index (κ2) is 7.07. The van der Waals surface area contributed by atoms with Gasteiger partial charge in [0, 0.05) is 17.3 Å². The van der Waals surface area contributed by atoms with Crippen LogP contribution in [0.15, 0.2) is 11.6 Å². The standard InChI is InChI=1S/C30H44O4/c1-25(2)21-9-11-29(6)22(30(21,18-31)12-10-23(25)32)8-7-19-20-17-27(4,24(33)34)14-13-26(20,3)15-16-28(19,29)5/h7,18,20-22H,8-17H2,1-6H3,(H,33,34)/t20-,21+,22-,26+,27-,28+,29+,30+/m0/s1. The van der Waals surface area contributed by atoms with E-state index in [1.165, 1.54) is 11.9 Å². The van der Waals surface area contributed by atoms with Gasteiger partial charge in [0.2, 0.25) is 0 Å². The third-order valence-corrected chi connectivity index (χ3v) is 12.9. The first kappa shape index (κ1) is 24.3. The third-order valence-electron chi connectivity index (χ3n) is 12.9. The molecule has 0 spiro atoms. The summed E-state index contributed by atoms with van der Waals surface area (Å²) >= 11 is 0. The molecule has 0 aromatic heterocycles. The van der Waals surface area contributed by atoms with Crippen molar-refractivity contribution in [2.24, 2.45) is 50.2 Å². The Balaban J connectivity index is 1.60. The Bertz CT molecular complexity index is 978. The van der Waals surface area contributed by atoms with Gasteiger partial charge in [-0.15, -0.1) is 0 Å². The number of aliphatic carboxylic acids is 1. The Kier molecular flexibility index (Phi) is 5.04. The molecule has 5 aliphatic rings. The van der Waals surface area contributed by atoms with Crippen LogP contribution in [-0.2, 0) is 14.4 Å². The zero-order valence-electron chi connectivity index (χ0n) is 22.1. The van der Waals surface area contributed by atoms with Crippen molar-refractivity contribution in [2.45, 2.75) is 106 Å². The van der Waals surface area contributed by atoms with Gasteiger partial charge in [-0.3, -0.25) is 9.59 Å². The summed E-state index contributed by atoms with van der Waals surface area (Å²) < 4.78 is 0. The van der Waals surface area contributed by atoms with E-state index in [9.17, 15) is 19.5 Å². The molecule has 4 nitrogen and oxygen atoms in total. The van der Waals surface area contributed by atoms with E-state index in [-0.39, 0.29) is 28.1 Å². The molecule has 0 aliphatic heterocycles. The van der Waals surface area contributed by atoms with E-state index in [0.29, 0.717) is 24.5 Å². The zero-order valence-corrected chi connectivity index (χ0v) is 22.1. The summed E-state index contributed by atoms with van der Waals surface area (Å²) in [7, 11) is 0. The highest BCUT2D eigenvalue weighted by molar-refractivity contribution is 5.87. The van der Waals surface area contributed by atoms with E-state index in [2.05, 4.69) is 40.7 Å².